The van der Waals surface area contributed by atoms with Crippen molar-refractivity contribution in [2.45, 2.75) is 104 Å². The molecule has 5 fully saturated rings. The van der Waals surface area contributed by atoms with Crippen LogP contribution in [0.25, 0.3) is 15.8 Å². The molecule has 1 aromatic carbocycles. The van der Waals surface area contributed by atoms with E-state index in [0.29, 0.717) is 29.3 Å². The number of allylic oxidation sites excluding steroid dienone is 4. The lowest BCUT2D eigenvalue weighted by molar-refractivity contribution is -0.397. The van der Waals surface area contributed by atoms with E-state index in [2.05, 4.69) is 42.0 Å². The van der Waals surface area contributed by atoms with Gasteiger partial charge in [-0.15, -0.1) is 0 Å². The van der Waals surface area contributed by atoms with Gasteiger partial charge in [-0.2, -0.15) is 0 Å². The van der Waals surface area contributed by atoms with Gasteiger partial charge in [0.25, 0.3) is 0 Å². The normalized spacial score (nSPS) is 32.3. The van der Waals surface area contributed by atoms with Crippen LogP contribution >= 0.6 is 11.3 Å². The number of aromatic carboxylic acids is 1. The first-order chi connectivity index (χ1) is 27.8. The second kappa shape index (κ2) is 14.2. The standard InChI is InChI=1S/C46H60N8O3S/c1-6-35-31(29(2)39(48)52-41-50-34-13-7-8-14-36(34)58-41)12-11-19-54(35)37-16-15-32(38(51-37)40(55)56)33(22-47)30(3)49-28-44-23-42(4)25-45(57-21-20-53-17-9-10-18-53)26-43(5,24-44)46(42,45)27-44/h7-8,13-16,22H,6,9-12,17-21,23-28,47-48H2,1-5H3,(H,50,52)(H,55,56)/b33-22+,39-29+,49-30?. The van der Waals surface area contributed by atoms with Gasteiger partial charge in [0.1, 0.15) is 11.6 Å². The molecule has 2 atom stereocenters. The lowest BCUT2D eigenvalue weighted by Gasteiger charge is -2.82. The van der Waals surface area contributed by atoms with Gasteiger partial charge in [-0.05, 0) is 143 Å². The first kappa shape index (κ1) is 39.2. The van der Waals surface area contributed by atoms with E-state index in [1.807, 2.05) is 44.2 Å². The number of benzene rings is 1. The van der Waals surface area contributed by atoms with E-state index in [4.69, 9.17) is 31.2 Å². The predicted octanol–water partition coefficient (Wildman–Crippen LogP) is 8.56. The van der Waals surface area contributed by atoms with Gasteiger partial charge < -0.3 is 36.4 Å². The molecule has 2 unspecified atom stereocenters. The summed E-state index contributed by atoms with van der Waals surface area (Å²) in [6.07, 6.45) is 12.4. The smallest absolute Gasteiger partial charge is 0.355 e. The van der Waals surface area contributed by atoms with E-state index in [0.717, 1.165) is 96.1 Å². The number of anilines is 2. The summed E-state index contributed by atoms with van der Waals surface area (Å²) in [4.78, 5) is 32.4. The van der Waals surface area contributed by atoms with Gasteiger partial charge in [0.15, 0.2) is 10.8 Å². The minimum absolute atomic E-state index is 0.0248. The zero-order chi connectivity index (χ0) is 40.7. The van der Waals surface area contributed by atoms with Crippen LogP contribution in [-0.4, -0.2) is 76.6 Å². The summed E-state index contributed by atoms with van der Waals surface area (Å²) in [5, 5.41) is 14.7. The lowest BCUT2D eigenvalue weighted by Crippen LogP contribution is -2.82. The topological polar surface area (TPSA) is 155 Å². The second-order valence-electron chi connectivity index (χ2n) is 18.8. The van der Waals surface area contributed by atoms with Crippen LogP contribution in [0, 0.1) is 21.7 Å². The third-order valence-electron chi connectivity index (χ3n) is 15.4. The summed E-state index contributed by atoms with van der Waals surface area (Å²) in [5.41, 5.74) is 19.9. The lowest BCUT2D eigenvalue weighted by atomic mass is 9.25. The molecule has 6 N–H and O–H groups in total. The maximum Gasteiger partial charge on any atom is 0.355 e. The molecule has 4 aliphatic carbocycles. The fourth-order valence-electron chi connectivity index (χ4n) is 13.7. The molecule has 4 heterocycles. The van der Waals surface area contributed by atoms with Crippen LogP contribution in [-0.2, 0) is 4.74 Å². The average Bonchev–Trinajstić information content (AvgIpc) is 3.97. The monoisotopic (exact) mass is 804 g/mol. The van der Waals surface area contributed by atoms with E-state index in [-0.39, 0.29) is 33.0 Å². The highest BCUT2D eigenvalue weighted by Gasteiger charge is 2.93. The van der Waals surface area contributed by atoms with Crippen LogP contribution in [0.2, 0.25) is 0 Å². The number of likely N-dealkylation sites (tertiary alicyclic amines) is 1. The van der Waals surface area contributed by atoms with Gasteiger partial charge in [-0.3, -0.25) is 4.99 Å². The molecule has 6 aliphatic rings. The fraction of sp³-hybridized carbons (Fsp3) is 0.565. The van der Waals surface area contributed by atoms with Gasteiger partial charge in [0, 0.05) is 53.8 Å². The largest absolute Gasteiger partial charge is 0.476 e. The van der Waals surface area contributed by atoms with Crippen LogP contribution in [0.4, 0.5) is 10.9 Å². The van der Waals surface area contributed by atoms with Gasteiger partial charge in [-0.25, -0.2) is 14.8 Å². The van der Waals surface area contributed by atoms with Crippen LogP contribution in [0.1, 0.15) is 115 Å². The number of carboxylic acid groups (broad SMARTS) is 1. The average molecular weight is 805 g/mol. The molecule has 1 saturated heterocycles. The van der Waals surface area contributed by atoms with Gasteiger partial charge in [-0.1, -0.05) is 44.2 Å². The number of carbonyl (C=O) groups is 1. The molecule has 3 aromatic rings. The number of para-hydroxylation sites is 1. The molecule has 2 aliphatic heterocycles. The number of carboxylic acids is 1. The van der Waals surface area contributed by atoms with Crippen molar-refractivity contribution in [1.29, 1.82) is 0 Å². The maximum absolute atomic E-state index is 12.9. The molecule has 2 aromatic heterocycles. The highest BCUT2D eigenvalue weighted by Crippen LogP contribution is 2.95. The third kappa shape index (κ3) is 5.86. The molecule has 58 heavy (non-hydrogen) atoms. The van der Waals surface area contributed by atoms with Crippen molar-refractivity contribution in [1.82, 2.24) is 14.9 Å². The Labute approximate surface area is 346 Å². The van der Waals surface area contributed by atoms with Crippen molar-refractivity contribution in [3.05, 3.63) is 76.5 Å². The zero-order valence-corrected chi connectivity index (χ0v) is 35.7. The zero-order valence-electron chi connectivity index (χ0n) is 34.9. The van der Waals surface area contributed by atoms with Crippen molar-refractivity contribution >= 4 is 49.8 Å². The number of rotatable bonds is 14. The van der Waals surface area contributed by atoms with Crippen LogP contribution in [0.5, 0.6) is 0 Å². The third-order valence-corrected chi connectivity index (χ3v) is 16.4. The Bertz CT molecular complexity index is 2230. The summed E-state index contributed by atoms with van der Waals surface area (Å²) in [5.74, 6) is 0.0608. The number of thiazole rings is 1. The van der Waals surface area contributed by atoms with Crippen LogP contribution in [0.15, 0.2) is 70.3 Å². The number of nitrogens with one attached hydrogen (secondary N) is 1. The van der Waals surface area contributed by atoms with E-state index < -0.39 is 5.97 Å². The summed E-state index contributed by atoms with van der Waals surface area (Å²) in [6.45, 7) is 16.9. The molecule has 9 rings (SSSR count). The van der Waals surface area contributed by atoms with Crippen molar-refractivity contribution < 1.29 is 14.6 Å². The number of aliphatic imine (C=N–C) groups is 1. The highest BCUT2D eigenvalue weighted by molar-refractivity contribution is 7.22. The first-order valence-electron chi connectivity index (χ1n) is 21.4. The molecule has 0 amide bonds. The number of hydrogen-bond acceptors (Lipinski definition) is 11. The highest BCUT2D eigenvalue weighted by atomic mass is 32.1. The number of hydrogen-bond donors (Lipinski definition) is 4. The quantitative estimate of drug-likeness (QED) is 0.117. The summed E-state index contributed by atoms with van der Waals surface area (Å²) in [6, 6.07) is 11.8. The van der Waals surface area contributed by atoms with Crippen LogP contribution in [0.3, 0.4) is 0 Å². The molecule has 2 bridgehead atoms. The molecule has 0 radical (unpaired) electrons. The predicted molar refractivity (Wildman–Crippen MR) is 234 cm³/mol. The summed E-state index contributed by atoms with van der Waals surface area (Å²) >= 11 is 1.57. The van der Waals surface area contributed by atoms with Crippen molar-refractivity contribution in [3.63, 3.8) is 0 Å². The van der Waals surface area contributed by atoms with E-state index in [1.165, 1.54) is 45.0 Å². The van der Waals surface area contributed by atoms with E-state index >= 15 is 0 Å². The van der Waals surface area contributed by atoms with Gasteiger partial charge in [0.2, 0.25) is 0 Å². The Hall–Kier alpha value is -4.26. The molecule has 11 nitrogen and oxygen atoms in total. The minimum atomic E-state index is -1.09. The first-order valence-corrected chi connectivity index (χ1v) is 22.2. The SMILES string of the molecule is CCC1=C(/C(C)=C(\N)Nc2nc3ccccc3s2)CCCN1c1ccc(/C(=C/N)C(C)=NCC23CC4(C)CC5(OCCN6CCCC6)CC(C)(C2)C45C3)c(C(=O)O)n1. The van der Waals surface area contributed by atoms with Crippen LogP contribution < -0.4 is 21.7 Å². The van der Waals surface area contributed by atoms with Crippen molar-refractivity contribution in [2.75, 3.05) is 49.5 Å². The number of nitrogens with two attached hydrogens (primary N) is 2. The van der Waals surface area contributed by atoms with Crippen molar-refractivity contribution in [3.8, 4) is 0 Å². The Kier molecular flexibility index (Phi) is 9.60. The molecular formula is C46H60N8O3S. The molecular weight excluding hydrogens is 745 g/mol. The summed E-state index contributed by atoms with van der Waals surface area (Å²) in [7, 11) is 0. The van der Waals surface area contributed by atoms with Crippen molar-refractivity contribution in [2.24, 2.45) is 38.1 Å². The Morgan fingerprint density at radius 2 is 1.76 bits per heavy atom. The Morgan fingerprint density at radius 1 is 1.02 bits per heavy atom. The molecule has 12 heteroatoms. The number of ether oxygens (including phenoxy) is 1. The van der Waals surface area contributed by atoms with Gasteiger partial charge >= 0.3 is 5.97 Å². The maximum atomic E-state index is 12.9. The van der Waals surface area contributed by atoms with E-state index in [9.17, 15) is 9.90 Å². The fourth-order valence-corrected chi connectivity index (χ4v) is 14.6. The number of nitrogens with zero attached hydrogens (tertiary/aromatic N) is 5. The number of aromatic nitrogens is 2. The van der Waals surface area contributed by atoms with E-state index in [1.54, 1.807) is 11.3 Å². The second-order valence-corrected chi connectivity index (χ2v) is 19.9. The Morgan fingerprint density at radius 3 is 2.45 bits per heavy atom. The summed E-state index contributed by atoms with van der Waals surface area (Å²) < 4.78 is 8.02. The molecule has 4 saturated carbocycles. The Balaban J connectivity index is 0.934. The molecule has 308 valence electrons. The van der Waals surface area contributed by atoms with Gasteiger partial charge in [0.05, 0.1) is 22.4 Å². The number of pyridine rings is 1. The minimum Gasteiger partial charge on any atom is -0.476 e. The number of fused-ring (bicyclic) bond motifs is 2. The molecule has 1 spiro atoms.